The Hall–Kier alpha value is -2.28. The summed E-state index contributed by atoms with van der Waals surface area (Å²) in [4.78, 5) is 0. The van der Waals surface area contributed by atoms with Crippen LogP contribution in [0, 0.1) is 0 Å². The van der Waals surface area contributed by atoms with Crippen molar-refractivity contribution in [1.29, 1.82) is 0 Å². The molecule has 0 aromatic heterocycles. The lowest BCUT2D eigenvalue weighted by atomic mass is 9.95. The lowest BCUT2D eigenvalue weighted by Gasteiger charge is -2.21. The van der Waals surface area contributed by atoms with E-state index >= 15 is 0 Å². The average Bonchev–Trinajstić information content (AvgIpc) is 2.98. The lowest BCUT2D eigenvalue weighted by molar-refractivity contribution is 0.00507. The maximum Gasteiger partial charge on any atom is 0.130 e. The highest BCUT2D eigenvalue weighted by Gasteiger charge is 2.18. The van der Waals surface area contributed by atoms with Crippen LogP contribution in [0.1, 0.15) is 48.4 Å². The second-order valence-corrected chi connectivity index (χ2v) is 10.1. The summed E-state index contributed by atoms with van der Waals surface area (Å²) in [6.45, 7) is 4.98. The van der Waals surface area contributed by atoms with Crippen LogP contribution in [0.2, 0.25) is 0 Å². The standard InChI is InChI=1S/C32H50O10/c1-7-29(33)20-40-10-8-9-11-41-21-30(34)22-42-32-27(18-37-4)14-24(15-28(32)19-38-5)23-12-25(16-35-2)31(39-6)26(13-23)17-36-3/h12-15,29-30,33-34H,7-11,16-22H2,1-6H3. The minimum Gasteiger partial charge on any atom is -0.496 e. The summed E-state index contributed by atoms with van der Waals surface area (Å²) in [6, 6.07) is 8.15. The van der Waals surface area contributed by atoms with Crippen LogP contribution in [0.15, 0.2) is 24.3 Å². The monoisotopic (exact) mass is 594 g/mol. The highest BCUT2D eigenvalue weighted by Crippen LogP contribution is 2.36. The fourth-order valence-electron chi connectivity index (χ4n) is 4.53. The SMILES string of the molecule is CCC(O)COCCCCOCC(O)COc1c(COC)cc(-c2cc(COC)c(OC)c(COC)c2)cc1COC. The molecule has 238 valence electrons. The van der Waals surface area contributed by atoms with Gasteiger partial charge < -0.3 is 48.1 Å². The molecule has 0 amide bonds. The van der Waals surface area contributed by atoms with E-state index in [1.54, 1.807) is 35.5 Å². The number of aliphatic hydroxyl groups is 2. The number of aliphatic hydroxyl groups excluding tert-OH is 2. The molecule has 10 heteroatoms. The summed E-state index contributed by atoms with van der Waals surface area (Å²) in [5.74, 6) is 1.36. The van der Waals surface area contributed by atoms with Crippen LogP contribution in [0.3, 0.4) is 0 Å². The Bertz CT molecular complexity index is 974. The molecule has 2 N–H and O–H groups in total. The minimum absolute atomic E-state index is 0.0588. The van der Waals surface area contributed by atoms with Gasteiger partial charge in [-0.25, -0.2) is 0 Å². The molecule has 0 aliphatic carbocycles. The zero-order chi connectivity index (χ0) is 30.7. The van der Waals surface area contributed by atoms with E-state index in [0.717, 1.165) is 52.0 Å². The van der Waals surface area contributed by atoms with E-state index in [4.69, 9.17) is 37.9 Å². The van der Waals surface area contributed by atoms with Crippen LogP contribution in [-0.4, -0.2) is 91.0 Å². The molecule has 2 aromatic carbocycles. The van der Waals surface area contributed by atoms with Gasteiger partial charge in [-0.1, -0.05) is 6.92 Å². The zero-order valence-corrected chi connectivity index (χ0v) is 26.1. The summed E-state index contributed by atoms with van der Waals surface area (Å²) in [5, 5.41) is 20.0. The van der Waals surface area contributed by atoms with Gasteiger partial charge in [0.15, 0.2) is 0 Å². The molecule has 2 rings (SSSR count). The fourth-order valence-corrected chi connectivity index (χ4v) is 4.53. The van der Waals surface area contributed by atoms with Gasteiger partial charge in [0.05, 0.1) is 52.9 Å². The third-order valence-electron chi connectivity index (χ3n) is 6.56. The van der Waals surface area contributed by atoms with Gasteiger partial charge in [0.2, 0.25) is 0 Å². The molecule has 0 radical (unpaired) electrons. The lowest BCUT2D eigenvalue weighted by Crippen LogP contribution is -2.24. The van der Waals surface area contributed by atoms with E-state index in [0.29, 0.717) is 58.4 Å². The van der Waals surface area contributed by atoms with Crippen LogP contribution in [0.5, 0.6) is 11.5 Å². The van der Waals surface area contributed by atoms with E-state index < -0.39 is 12.2 Å². The molecular formula is C32H50O10. The molecular weight excluding hydrogens is 544 g/mol. The molecule has 2 aromatic rings. The van der Waals surface area contributed by atoms with E-state index in [1.807, 2.05) is 31.2 Å². The van der Waals surface area contributed by atoms with Crippen molar-refractivity contribution in [3.63, 3.8) is 0 Å². The first-order valence-electron chi connectivity index (χ1n) is 14.4. The molecule has 2 atom stereocenters. The Morgan fingerprint density at radius 1 is 0.571 bits per heavy atom. The first-order valence-corrected chi connectivity index (χ1v) is 14.4. The van der Waals surface area contributed by atoms with E-state index in [2.05, 4.69) is 0 Å². The third kappa shape index (κ3) is 11.8. The van der Waals surface area contributed by atoms with Crippen molar-refractivity contribution in [3.8, 4) is 22.6 Å². The van der Waals surface area contributed by atoms with Crippen LogP contribution < -0.4 is 9.47 Å². The number of rotatable bonds is 23. The Morgan fingerprint density at radius 3 is 1.36 bits per heavy atom. The fraction of sp³-hybridized carbons (Fsp3) is 0.625. The van der Waals surface area contributed by atoms with Gasteiger partial charge in [0.1, 0.15) is 24.2 Å². The van der Waals surface area contributed by atoms with Crippen molar-refractivity contribution < 1.29 is 48.1 Å². The maximum atomic E-state index is 10.5. The zero-order valence-electron chi connectivity index (χ0n) is 26.1. The van der Waals surface area contributed by atoms with E-state index in [9.17, 15) is 10.2 Å². The smallest absolute Gasteiger partial charge is 0.130 e. The maximum absolute atomic E-state index is 10.5. The minimum atomic E-state index is -0.804. The van der Waals surface area contributed by atoms with Gasteiger partial charge in [-0.05, 0) is 54.7 Å². The first-order chi connectivity index (χ1) is 20.4. The summed E-state index contributed by atoms with van der Waals surface area (Å²) in [6.07, 6.45) is 1.09. The Kier molecular flexibility index (Phi) is 17.6. The molecule has 10 nitrogen and oxygen atoms in total. The van der Waals surface area contributed by atoms with Crippen molar-refractivity contribution in [3.05, 3.63) is 46.5 Å². The topological polar surface area (TPSA) is 114 Å². The molecule has 2 unspecified atom stereocenters. The number of ether oxygens (including phenoxy) is 8. The number of hydrogen-bond donors (Lipinski definition) is 2. The van der Waals surface area contributed by atoms with Crippen molar-refractivity contribution in [2.75, 3.05) is 68.6 Å². The Labute approximate surface area is 250 Å². The van der Waals surface area contributed by atoms with Gasteiger partial charge in [-0.15, -0.1) is 0 Å². The van der Waals surface area contributed by atoms with Gasteiger partial charge in [-0.3, -0.25) is 0 Å². The normalized spacial score (nSPS) is 12.9. The van der Waals surface area contributed by atoms with Crippen LogP contribution in [-0.2, 0) is 54.8 Å². The molecule has 0 heterocycles. The molecule has 0 aliphatic rings. The molecule has 0 saturated carbocycles. The molecule has 0 saturated heterocycles. The quantitative estimate of drug-likeness (QED) is 0.181. The van der Waals surface area contributed by atoms with E-state index in [-0.39, 0.29) is 13.2 Å². The predicted octanol–water partition coefficient (Wildman–Crippen LogP) is 4.27. The Balaban J connectivity index is 2.13. The summed E-state index contributed by atoms with van der Waals surface area (Å²) in [7, 11) is 8.21. The van der Waals surface area contributed by atoms with Gasteiger partial charge in [0.25, 0.3) is 0 Å². The summed E-state index contributed by atoms with van der Waals surface area (Å²) >= 11 is 0. The molecule has 0 spiro atoms. The number of methoxy groups -OCH3 is 5. The van der Waals surface area contributed by atoms with Crippen LogP contribution in [0.4, 0.5) is 0 Å². The predicted molar refractivity (Wildman–Crippen MR) is 160 cm³/mol. The van der Waals surface area contributed by atoms with Gasteiger partial charge in [0, 0.05) is 63.9 Å². The van der Waals surface area contributed by atoms with Gasteiger partial charge >= 0.3 is 0 Å². The van der Waals surface area contributed by atoms with Crippen LogP contribution >= 0.6 is 0 Å². The van der Waals surface area contributed by atoms with Crippen molar-refractivity contribution >= 4 is 0 Å². The van der Waals surface area contributed by atoms with Gasteiger partial charge in [-0.2, -0.15) is 0 Å². The third-order valence-corrected chi connectivity index (χ3v) is 6.56. The van der Waals surface area contributed by atoms with Crippen molar-refractivity contribution in [2.24, 2.45) is 0 Å². The van der Waals surface area contributed by atoms with E-state index in [1.165, 1.54) is 0 Å². The molecule has 42 heavy (non-hydrogen) atoms. The van der Waals surface area contributed by atoms with Crippen molar-refractivity contribution in [2.45, 2.75) is 64.8 Å². The highest BCUT2D eigenvalue weighted by molar-refractivity contribution is 5.70. The summed E-state index contributed by atoms with van der Waals surface area (Å²) < 4.78 is 44.8. The number of hydrogen-bond acceptors (Lipinski definition) is 10. The highest BCUT2D eigenvalue weighted by atomic mass is 16.5. The van der Waals surface area contributed by atoms with Crippen molar-refractivity contribution in [1.82, 2.24) is 0 Å². The number of unbranched alkanes of at least 4 members (excludes halogenated alkanes) is 1. The molecule has 0 aliphatic heterocycles. The molecule has 0 fully saturated rings. The number of benzene rings is 2. The summed E-state index contributed by atoms with van der Waals surface area (Å²) in [5.41, 5.74) is 5.42. The van der Waals surface area contributed by atoms with Crippen LogP contribution in [0.25, 0.3) is 11.1 Å². The Morgan fingerprint density at radius 2 is 0.976 bits per heavy atom. The molecule has 0 bridgehead atoms. The average molecular weight is 595 g/mol. The second-order valence-electron chi connectivity index (χ2n) is 10.1. The first kappa shape index (κ1) is 35.9. The largest absolute Gasteiger partial charge is 0.496 e. The second kappa shape index (κ2) is 20.6.